The fourth-order valence-corrected chi connectivity index (χ4v) is 3.38. The monoisotopic (exact) mass is 245 g/mol. The minimum atomic E-state index is 0.441. The Labute approximate surface area is 108 Å². The molecule has 1 nitrogen and oxygen atoms in total. The van der Waals surface area contributed by atoms with Crippen LogP contribution in [-0.4, -0.2) is 11.8 Å². The van der Waals surface area contributed by atoms with Crippen LogP contribution in [0.3, 0.4) is 0 Å². The Kier molecular flexibility index (Phi) is 4.53. The number of hydrogen-bond acceptors (Lipinski definition) is 2. The summed E-state index contributed by atoms with van der Waals surface area (Å²) in [5.74, 6) is 5.05. The van der Waals surface area contributed by atoms with E-state index in [9.17, 15) is 0 Å². The molecule has 0 amide bonds. The molecule has 0 radical (unpaired) electrons. The molecular weight excluding hydrogens is 226 g/mol. The molecule has 1 aliphatic heterocycles. The van der Waals surface area contributed by atoms with Crippen LogP contribution < -0.4 is 5.32 Å². The quantitative estimate of drug-likeness (QED) is 0.816. The zero-order chi connectivity index (χ0) is 12.1. The lowest BCUT2D eigenvalue weighted by Crippen LogP contribution is -2.35. The summed E-state index contributed by atoms with van der Waals surface area (Å²) in [5, 5.41) is 3.70. The Hall–Kier alpha value is -0.910. The van der Waals surface area contributed by atoms with Gasteiger partial charge in [0.25, 0.3) is 0 Å². The van der Waals surface area contributed by atoms with Crippen molar-refractivity contribution in [3.8, 4) is 12.3 Å². The zero-order valence-electron chi connectivity index (χ0n) is 10.3. The van der Waals surface area contributed by atoms with Gasteiger partial charge in [-0.05, 0) is 17.5 Å². The second-order valence-corrected chi connectivity index (χ2v) is 5.48. The molecule has 1 heterocycles. The molecule has 1 N–H and O–H groups in total. The molecule has 0 spiro atoms. The first-order valence-corrected chi connectivity index (χ1v) is 7.35. The van der Waals surface area contributed by atoms with Crippen molar-refractivity contribution >= 4 is 11.8 Å². The first-order valence-electron chi connectivity index (χ1n) is 6.20. The average molecular weight is 245 g/mol. The highest BCUT2D eigenvalue weighted by Gasteiger charge is 2.21. The third kappa shape index (κ3) is 3.06. The number of nitrogens with one attached hydrogen (secondary N) is 1. The number of rotatable bonds is 4. The van der Waals surface area contributed by atoms with E-state index in [1.807, 2.05) is 11.8 Å². The van der Waals surface area contributed by atoms with E-state index in [2.05, 4.69) is 42.4 Å². The highest BCUT2D eigenvalue weighted by molar-refractivity contribution is 7.98. The number of fused-ring (bicyclic) bond motifs is 1. The van der Waals surface area contributed by atoms with Gasteiger partial charge in [-0.15, -0.1) is 12.3 Å². The van der Waals surface area contributed by atoms with Crippen LogP contribution in [0.25, 0.3) is 0 Å². The molecule has 1 aromatic rings. The molecule has 2 rings (SSSR count). The van der Waals surface area contributed by atoms with E-state index in [1.54, 1.807) is 0 Å². The van der Waals surface area contributed by atoms with Crippen LogP contribution in [-0.2, 0) is 5.75 Å². The molecule has 0 fully saturated rings. The van der Waals surface area contributed by atoms with Crippen molar-refractivity contribution in [3.63, 3.8) is 0 Å². The van der Waals surface area contributed by atoms with E-state index in [0.717, 1.165) is 24.3 Å². The molecule has 1 aliphatic rings. The van der Waals surface area contributed by atoms with Gasteiger partial charge in [0.2, 0.25) is 0 Å². The van der Waals surface area contributed by atoms with E-state index in [0.29, 0.717) is 12.1 Å². The third-order valence-electron chi connectivity index (χ3n) is 3.27. The fourth-order valence-electron chi connectivity index (χ4n) is 2.27. The lowest BCUT2D eigenvalue weighted by molar-refractivity contribution is 0.450. The van der Waals surface area contributed by atoms with Crippen molar-refractivity contribution in [2.24, 2.45) is 0 Å². The Bertz CT molecular complexity index is 408. The minimum absolute atomic E-state index is 0.441. The molecule has 0 saturated heterocycles. The molecule has 2 unspecified atom stereocenters. The van der Waals surface area contributed by atoms with Gasteiger partial charge in [0.15, 0.2) is 0 Å². The second-order valence-electron chi connectivity index (χ2n) is 4.45. The Balaban J connectivity index is 2.10. The summed E-state index contributed by atoms with van der Waals surface area (Å²) in [6.07, 6.45) is 7.32. The van der Waals surface area contributed by atoms with Crippen LogP contribution in [0.4, 0.5) is 0 Å². The third-order valence-corrected chi connectivity index (χ3v) is 4.35. The smallest absolute Gasteiger partial charge is 0.0417 e. The van der Waals surface area contributed by atoms with Crippen molar-refractivity contribution < 1.29 is 0 Å². The van der Waals surface area contributed by atoms with Crippen molar-refractivity contribution in [2.45, 2.75) is 37.6 Å². The predicted molar refractivity (Wildman–Crippen MR) is 76.0 cm³/mol. The van der Waals surface area contributed by atoms with Crippen LogP contribution in [0, 0.1) is 12.3 Å². The molecular formula is C15H19NS. The van der Waals surface area contributed by atoms with E-state index < -0.39 is 0 Å². The minimum Gasteiger partial charge on any atom is -0.305 e. The summed E-state index contributed by atoms with van der Waals surface area (Å²) in [5.41, 5.74) is 2.93. The molecule has 2 heteroatoms. The first kappa shape index (κ1) is 12.5. The van der Waals surface area contributed by atoms with Gasteiger partial charge in [0.05, 0.1) is 0 Å². The average Bonchev–Trinajstić information content (AvgIpc) is 2.38. The van der Waals surface area contributed by atoms with Gasteiger partial charge < -0.3 is 5.32 Å². The van der Waals surface area contributed by atoms with Gasteiger partial charge in [-0.3, -0.25) is 0 Å². The molecule has 0 bridgehead atoms. The van der Waals surface area contributed by atoms with Crippen molar-refractivity contribution in [3.05, 3.63) is 35.4 Å². The van der Waals surface area contributed by atoms with Gasteiger partial charge in [0, 0.05) is 30.0 Å². The summed E-state index contributed by atoms with van der Waals surface area (Å²) in [6.45, 7) is 2.19. The number of hydrogen-bond donors (Lipinski definition) is 1. The Morgan fingerprint density at radius 1 is 1.53 bits per heavy atom. The predicted octanol–water partition coefficient (Wildman–Crippen LogP) is 3.37. The van der Waals surface area contributed by atoms with Gasteiger partial charge in [0.1, 0.15) is 0 Å². The molecule has 0 aliphatic carbocycles. The van der Waals surface area contributed by atoms with E-state index >= 15 is 0 Å². The summed E-state index contributed by atoms with van der Waals surface area (Å²) in [4.78, 5) is 0. The van der Waals surface area contributed by atoms with E-state index in [4.69, 9.17) is 6.42 Å². The maximum Gasteiger partial charge on any atom is 0.0417 e. The number of terminal acetylenes is 1. The largest absolute Gasteiger partial charge is 0.305 e. The molecule has 2 atom stereocenters. The van der Waals surface area contributed by atoms with Crippen molar-refractivity contribution in [2.75, 3.05) is 5.75 Å². The van der Waals surface area contributed by atoms with Crippen LogP contribution in [0.2, 0.25) is 0 Å². The summed E-state index contributed by atoms with van der Waals surface area (Å²) in [6, 6.07) is 9.64. The van der Waals surface area contributed by atoms with Gasteiger partial charge in [-0.25, -0.2) is 0 Å². The lowest BCUT2D eigenvalue weighted by atomic mass is 10.00. The molecule has 0 saturated carbocycles. The normalized spacial score (nSPS) is 20.4. The standard InChI is InChI=1S/C15H19NS/c1-3-7-13(4-2)16-15-11-17-10-12-8-5-6-9-14(12)15/h1,5-6,8-9,13,15-16H,4,7,10-11H2,2H3. The maximum absolute atomic E-state index is 5.41. The SMILES string of the molecule is C#CCC(CC)NC1CSCc2ccccc21. The molecule has 1 aromatic carbocycles. The van der Waals surface area contributed by atoms with Crippen LogP contribution in [0.1, 0.15) is 36.9 Å². The zero-order valence-corrected chi connectivity index (χ0v) is 11.1. The summed E-state index contributed by atoms with van der Waals surface area (Å²) in [7, 11) is 0. The Morgan fingerprint density at radius 3 is 3.12 bits per heavy atom. The highest BCUT2D eigenvalue weighted by Crippen LogP contribution is 2.31. The van der Waals surface area contributed by atoms with E-state index in [-0.39, 0.29) is 0 Å². The number of thioether (sulfide) groups is 1. The topological polar surface area (TPSA) is 12.0 Å². The highest BCUT2D eigenvalue weighted by atomic mass is 32.2. The van der Waals surface area contributed by atoms with Gasteiger partial charge in [-0.1, -0.05) is 31.2 Å². The number of benzene rings is 1. The van der Waals surface area contributed by atoms with Crippen molar-refractivity contribution in [1.82, 2.24) is 5.32 Å². The lowest BCUT2D eigenvalue weighted by Gasteiger charge is -2.29. The summed E-state index contributed by atoms with van der Waals surface area (Å²) >= 11 is 2.00. The van der Waals surface area contributed by atoms with Gasteiger partial charge >= 0.3 is 0 Å². The Morgan fingerprint density at radius 2 is 2.35 bits per heavy atom. The molecule has 90 valence electrons. The maximum atomic E-state index is 5.41. The van der Waals surface area contributed by atoms with Crippen LogP contribution in [0.15, 0.2) is 24.3 Å². The van der Waals surface area contributed by atoms with Gasteiger partial charge in [-0.2, -0.15) is 11.8 Å². The van der Waals surface area contributed by atoms with E-state index in [1.165, 1.54) is 11.1 Å². The van der Waals surface area contributed by atoms with Crippen LogP contribution in [0.5, 0.6) is 0 Å². The second kappa shape index (κ2) is 6.14. The fraction of sp³-hybridized carbons (Fsp3) is 0.467. The summed E-state index contributed by atoms with van der Waals surface area (Å²) < 4.78 is 0. The molecule has 17 heavy (non-hydrogen) atoms. The first-order chi connectivity index (χ1) is 8.35. The molecule has 0 aromatic heterocycles. The van der Waals surface area contributed by atoms with Crippen LogP contribution >= 0.6 is 11.8 Å². The van der Waals surface area contributed by atoms with Crippen molar-refractivity contribution in [1.29, 1.82) is 0 Å².